The molecule has 0 saturated carbocycles. The van der Waals surface area contributed by atoms with Crippen molar-refractivity contribution in [3.05, 3.63) is 37.1 Å². The van der Waals surface area contributed by atoms with Gasteiger partial charge in [-0.2, -0.15) is 0 Å². The molecule has 1 fully saturated rings. The first-order valence-electron chi connectivity index (χ1n) is 5.89. The molecule has 6 nitrogen and oxygen atoms in total. The Morgan fingerprint density at radius 3 is 3.11 bits per heavy atom. The molecule has 2 aromatic rings. The van der Waals surface area contributed by atoms with Gasteiger partial charge in [0.1, 0.15) is 12.1 Å². The molecule has 0 radical (unpaired) electrons. The first kappa shape index (κ1) is 12.2. The molecule has 2 aromatic heterocycles. The Hall–Kier alpha value is -1.86. The summed E-state index contributed by atoms with van der Waals surface area (Å²) in [5.74, 6) is 2.40. The van der Waals surface area contributed by atoms with Gasteiger partial charge in [-0.25, -0.2) is 9.97 Å². The minimum absolute atomic E-state index is 0.0119. The molecule has 1 saturated heterocycles. The summed E-state index contributed by atoms with van der Waals surface area (Å²) in [6.07, 6.45) is 6.84. The van der Waals surface area contributed by atoms with Crippen molar-refractivity contribution >= 4 is 23.4 Å². The predicted octanol–water partition coefficient (Wildman–Crippen LogP) is 0.868. The van der Waals surface area contributed by atoms with E-state index in [2.05, 4.69) is 20.6 Å². The van der Waals surface area contributed by atoms with Crippen molar-refractivity contribution in [1.82, 2.24) is 19.9 Å². The second-order valence-electron chi connectivity index (χ2n) is 4.14. The topological polar surface area (TPSA) is 71.8 Å². The van der Waals surface area contributed by atoms with Gasteiger partial charge in [0.15, 0.2) is 0 Å². The van der Waals surface area contributed by atoms with E-state index < -0.39 is 0 Å². The lowest BCUT2D eigenvalue weighted by atomic mass is 10.3. The van der Waals surface area contributed by atoms with Crippen molar-refractivity contribution < 1.29 is 4.79 Å². The average Bonchev–Trinajstić information content (AvgIpc) is 3.13. The average molecular weight is 275 g/mol. The molecule has 3 rings (SSSR count). The summed E-state index contributed by atoms with van der Waals surface area (Å²) in [4.78, 5) is 20.1. The van der Waals surface area contributed by atoms with E-state index in [-0.39, 0.29) is 11.9 Å². The van der Waals surface area contributed by atoms with Crippen molar-refractivity contribution in [2.45, 2.75) is 6.04 Å². The number of carbonyl (C=O) groups excluding carboxylic acids is 1. The highest BCUT2D eigenvalue weighted by molar-refractivity contribution is 7.99. The van der Waals surface area contributed by atoms with Crippen LogP contribution >= 0.6 is 11.8 Å². The van der Waals surface area contributed by atoms with Crippen LogP contribution in [0, 0.1) is 0 Å². The maximum Gasteiger partial charge on any atom is 0.242 e. The Labute approximate surface area is 114 Å². The molecule has 2 N–H and O–H groups in total. The number of aromatic nitrogens is 3. The molecule has 19 heavy (non-hydrogen) atoms. The fraction of sp³-hybridized carbons (Fsp3) is 0.250. The Morgan fingerprint density at radius 1 is 1.53 bits per heavy atom. The summed E-state index contributed by atoms with van der Waals surface area (Å²) in [6.45, 7) is 0. The Kier molecular flexibility index (Phi) is 3.47. The van der Waals surface area contributed by atoms with E-state index in [4.69, 9.17) is 0 Å². The van der Waals surface area contributed by atoms with Gasteiger partial charge in [-0.05, 0) is 12.1 Å². The second-order valence-corrected chi connectivity index (χ2v) is 5.17. The highest BCUT2D eigenvalue weighted by atomic mass is 32.2. The monoisotopic (exact) mass is 275 g/mol. The zero-order valence-corrected chi connectivity index (χ0v) is 10.9. The van der Waals surface area contributed by atoms with Gasteiger partial charge in [-0.3, -0.25) is 14.7 Å². The van der Waals surface area contributed by atoms with E-state index in [1.807, 2.05) is 18.3 Å². The van der Waals surface area contributed by atoms with Crippen molar-refractivity contribution in [3.8, 4) is 5.82 Å². The number of imidazole rings is 1. The number of hydrogen-bond donors (Lipinski definition) is 2. The highest BCUT2D eigenvalue weighted by Crippen LogP contribution is 2.13. The fourth-order valence-electron chi connectivity index (χ4n) is 1.80. The SMILES string of the molecule is O=C(Nc1ccc(-n2ccnc2)nc1)C1CSCN1. The van der Waals surface area contributed by atoms with E-state index >= 15 is 0 Å². The molecular formula is C12H13N5OS. The molecule has 7 heteroatoms. The van der Waals surface area contributed by atoms with Gasteiger partial charge in [0.2, 0.25) is 5.91 Å². The van der Waals surface area contributed by atoms with Gasteiger partial charge < -0.3 is 5.32 Å². The van der Waals surface area contributed by atoms with Crippen molar-refractivity contribution in [2.24, 2.45) is 0 Å². The molecule has 98 valence electrons. The van der Waals surface area contributed by atoms with E-state index in [1.165, 1.54) is 0 Å². The number of nitrogens with zero attached hydrogens (tertiary/aromatic N) is 3. The van der Waals surface area contributed by atoms with Gasteiger partial charge in [-0.15, -0.1) is 11.8 Å². The number of carbonyl (C=O) groups is 1. The third kappa shape index (κ3) is 2.77. The number of nitrogens with one attached hydrogen (secondary N) is 2. The normalized spacial score (nSPS) is 18.4. The maximum atomic E-state index is 11.9. The first-order chi connectivity index (χ1) is 9.33. The molecule has 0 spiro atoms. The van der Waals surface area contributed by atoms with Crippen molar-refractivity contribution in [1.29, 1.82) is 0 Å². The van der Waals surface area contributed by atoms with Crippen LogP contribution in [0.4, 0.5) is 5.69 Å². The van der Waals surface area contributed by atoms with E-state index in [0.717, 1.165) is 17.4 Å². The van der Waals surface area contributed by atoms with Crippen LogP contribution in [0.15, 0.2) is 37.1 Å². The summed E-state index contributed by atoms with van der Waals surface area (Å²) >= 11 is 1.72. The number of anilines is 1. The minimum atomic E-state index is -0.113. The van der Waals surface area contributed by atoms with Gasteiger partial charge in [0.05, 0.1) is 17.9 Å². The number of amides is 1. The summed E-state index contributed by atoms with van der Waals surface area (Å²) in [7, 11) is 0. The largest absolute Gasteiger partial charge is 0.323 e. The minimum Gasteiger partial charge on any atom is -0.323 e. The van der Waals surface area contributed by atoms with Crippen LogP contribution in [0.1, 0.15) is 0 Å². The predicted molar refractivity (Wildman–Crippen MR) is 74.2 cm³/mol. The quantitative estimate of drug-likeness (QED) is 0.869. The standard InChI is InChI=1S/C12H13N5OS/c18-12(10-6-19-8-15-10)16-9-1-2-11(14-5-9)17-4-3-13-7-17/h1-5,7,10,15H,6,8H2,(H,16,18). The lowest BCUT2D eigenvalue weighted by Gasteiger charge is -2.10. The molecule has 1 aliphatic heterocycles. The van der Waals surface area contributed by atoms with Gasteiger partial charge in [0.25, 0.3) is 0 Å². The molecule has 1 unspecified atom stereocenters. The summed E-state index contributed by atoms with van der Waals surface area (Å²) < 4.78 is 1.81. The molecule has 1 atom stereocenters. The Bertz CT molecular complexity index is 548. The van der Waals surface area contributed by atoms with Crippen LogP contribution in [-0.4, -0.2) is 38.1 Å². The lowest BCUT2D eigenvalue weighted by molar-refractivity contribution is -0.117. The van der Waals surface area contributed by atoms with E-state index in [0.29, 0.717) is 5.69 Å². The summed E-state index contributed by atoms with van der Waals surface area (Å²) in [6, 6.07) is 3.56. The van der Waals surface area contributed by atoms with Crippen molar-refractivity contribution in [3.63, 3.8) is 0 Å². The first-order valence-corrected chi connectivity index (χ1v) is 7.05. The highest BCUT2D eigenvalue weighted by Gasteiger charge is 2.22. The number of pyridine rings is 1. The zero-order chi connectivity index (χ0) is 13.1. The number of hydrogen-bond acceptors (Lipinski definition) is 5. The molecule has 0 bridgehead atoms. The summed E-state index contributed by atoms with van der Waals surface area (Å²) in [5.41, 5.74) is 0.701. The van der Waals surface area contributed by atoms with Gasteiger partial charge in [0, 0.05) is 24.0 Å². The van der Waals surface area contributed by atoms with E-state index in [1.54, 1.807) is 35.0 Å². The third-order valence-corrected chi connectivity index (χ3v) is 3.76. The number of rotatable bonds is 3. The van der Waals surface area contributed by atoms with E-state index in [9.17, 15) is 4.79 Å². The molecule has 1 amide bonds. The molecule has 1 aliphatic rings. The van der Waals surface area contributed by atoms with Crippen LogP contribution in [0.5, 0.6) is 0 Å². The lowest BCUT2D eigenvalue weighted by Crippen LogP contribution is -2.37. The second kappa shape index (κ2) is 5.41. The fourth-order valence-corrected chi connectivity index (χ4v) is 2.74. The van der Waals surface area contributed by atoms with Crippen LogP contribution in [0.2, 0.25) is 0 Å². The molecule has 0 aliphatic carbocycles. The third-order valence-electron chi connectivity index (χ3n) is 2.82. The molecule has 0 aromatic carbocycles. The Balaban J connectivity index is 1.67. The van der Waals surface area contributed by atoms with Crippen LogP contribution in [-0.2, 0) is 4.79 Å². The van der Waals surface area contributed by atoms with Crippen LogP contribution < -0.4 is 10.6 Å². The van der Waals surface area contributed by atoms with Crippen LogP contribution in [0.25, 0.3) is 5.82 Å². The Morgan fingerprint density at radius 2 is 2.47 bits per heavy atom. The maximum absolute atomic E-state index is 11.9. The van der Waals surface area contributed by atoms with Gasteiger partial charge in [-0.1, -0.05) is 0 Å². The van der Waals surface area contributed by atoms with Crippen LogP contribution in [0.3, 0.4) is 0 Å². The smallest absolute Gasteiger partial charge is 0.242 e. The van der Waals surface area contributed by atoms with Crippen molar-refractivity contribution in [2.75, 3.05) is 16.9 Å². The molecular weight excluding hydrogens is 262 g/mol. The molecule has 3 heterocycles. The number of thioether (sulfide) groups is 1. The zero-order valence-electron chi connectivity index (χ0n) is 10.1. The van der Waals surface area contributed by atoms with Gasteiger partial charge >= 0.3 is 0 Å². The summed E-state index contributed by atoms with van der Waals surface area (Å²) in [5, 5.41) is 5.98.